The quantitative estimate of drug-likeness (QED) is 0.0796. The summed E-state index contributed by atoms with van der Waals surface area (Å²) in [7, 11) is 0. The minimum Gasteiger partial charge on any atom is -0.481 e. The van der Waals surface area contributed by atoms with Gasteiger partial charge in [0, 0.05) is 51.4 Å². The predicted molar refractivity (Wildman–Crippen MR) is 158 cm³/mol. The number of hydrogen-bond acceptors (Lipinski definition) is 8. The first-order valence-corrected chi connectivity index (χ1v) is 15.3. The van der Waals surface area contributed by atoms with E-state index in [1.165, 1.54) is 0 Å². The van der Waals surface area contributed by atoms with Crippen LogP contribution in [-0.4, -0.2) is 100 Å². The van der Waals surface area contributed by atoms with Crippen molar-refractivity contribution in [1.29, 1.82) is 0 Å². The highest BCUT2D eigenvalue weighted by atomic mass is 16.5. The molecule has 1 atom stereocenters. The zero-order valence-electron chi connectivity index (χ0n) is 25.6. The highest BCUT2D eigenvalue weighted by Gasteiger charge is 2.10. The highest BCUT2D eigenvalue weighted by Crippen LogP contribution is 2.10. The number of aliphatic carboxylic acids is 1. The van der Waals surface area contributed by atoms with Crippen LogP contribution in [0.1, 0.15) is 90.9 Å². The SMILES string of the molecule is CCC(=O)NCCOCCNC(=O)COCCOCCNC(=O)CC[C@H](C)NC(=O)CCCCCCCCCC(=O)O. The summed E-state index contributed by atoms with van der Waals surface area (Å²) >= 11 is 0. The largest absolute Gasteiger partial charge is 0.481 e. The molecule has 0 saturated carbocycles. The lowest BCUT2D eigenvalue weighted by molar-refractivity contribution is -0.137. The molecule has 0 rings (SSSR count). The topological polar surface area (TPSA) is 181 Å². The van der Waals surface area contributed by atoms with Crippen LogP contribution in [0.25, 0.3) is 0 Å². The van der Waals surface area contributed by atoms with Gasteiger partial charge in [0.15, 0.2) is 0 Å². The summed E-state index contributed by atoms with van der Waals surface area (Å²) in [6.07, 6.45) is 8.60. The van der Waals surface area contributed by atoms with E-state index < -0.39 is 5.97 Å². The molecule has 0 bridgehead atoms. The minimum absolute atomic E-state index is 0.00271. The second-order valence-electron chi connectivity index (χ2n) is 10.1. The van der Waals surface area contributed by atoms with Crippen molar-refractivity contribution in [2.75, 3.05) is 59.3 Å². The summed E-state index contributed by atoms with van der Waals surface area (Å²) in [5, 5.41) is 19.7. The number of carboxylic acid groups (broad SMARTS) is 1. The first-order valence-electron chi connectivity index (χ1n) is 15.3. The van der Waals surface area contributed by atoms with Crippen LogP contribution < -0.4 is 21.3 Å². The van der Waals surface area contributed by atoms with Crippen LogP contribution in [0.4, 0.5) is 0 Å². The van der Waals surface area contributed by atoms with Gasteiger partial charge in [-0.15, -0.1) is 0 Å². The van der Waals surface area contributed by atoms with Crippen molar-refractivity contribution in [1.82, 2.24) is 21.3 Å². The fourth-order valence-corrected chi connectivity index (χ4v) is 3.75. The average molecular weight is 603 g/mol. The Bertz CT molecular complexity index is 753. The van der Waals surface area contributed by atoms with Crippen molar-refractivity contribution in [3.8, 4) is 0 Å². The van der Waals surface area contributed by atoms with Gasteiger partial charge in [-0.3, -0.25) is 24.0 Å². The number of unbranched alkanes of at least 4 members (excludes halogenated alkanes) is 6. The third kappa shape index (κ3) is 28.7. The van der Waals surface area contributed by atoms with Crippen LogP contribution >= 0.6 is 0 Å². The molecular formula is C29H54N4O9. The number of carbonyl (C=O) groups excluding carboxylic acids is 4. The molecule has 0 aliphatic carbocycles. The van der Waals surface area contributed by atoms with E-state index in [0.717, 1.165) is 44.9 Å². The van der Waals surface area contributed by atoms with Gasteiger partial charge in [-0.25, -0.2) is 0 Å². The van der Waals surface area contributed by atoms with Crippen LogP contribution in [0.2, 0.25) is 0 Å². The summed E-state index contributed by atoms with van der Waals surface area (Å²) in [6.45, 7) is 6.34. The summed E-state index contributed by atoms with van der Waals surface area (Å²) < 4.78 is 16.0. The molecule has 0 aromatic heterocycles. The summed E-state index contributed by atoms with van der Waals surface area (Å²) in [6, 6.07) is -0.0876. The molecule has 13 nitrogen and oxygen atoms in total. The zero-order chi connectivity index (χ0) is 31.3. The molecule has 0 fully saturated rings. The van der Waals surface area contributed by atoms with E-state index in [2.05, 4.69) is 21.3 Å². The number of amides is 4. The Kier molecular flexibility index (Phi) is 26.5. The van der Waals surface area contributed by atoms with Gasteiger partial charge in [0.1, 0.15) is 6.61 Å². The van der Waals surface area contributed by atoms with Gasteiger partial charge in [0.2, 0.25) is 23.6 Å². The first kappa shape index (κ1) is 39.2. The van der Waals surface area contributed by atoms with Crippen molar-refractivity contribution < 1.29 is 43.3 Å². The molecule has 0 spiro atoms. The van der Waals surface area contributed by atoms with E-state index >= 15 is 0 Å². The van der Waals surface area contributed by atoms with Gasteiger partial charge >= 0.3 is 5.97 Å². The normalized spacial score (nSPS) is 11.5. The second-order valence-corrected chi connectivity index (χ2v) is 10.1. The molecule has 42 heavy (non-hydrogen) atoms. The maximum absolute atomic E-state index is 12.1. The lowest BCUT2D eigenvalue weighted by Crippen LogP contribution is -2.34. The second kappa shape index (κ2) is 28.4. The monoisotopic (exact) mass is 602 g/mol. The number of hydrogen-bond donors (Lipinski definition) is 5. The van der Waals surface area contributed by atoms with Crippen molar-refractivity contribution in [2.45, 2.75) is 96.9 Å². The first-order chi connectivity index (χ1) is 20.2. The number of carboxylic acids is 1. The molecule has 0 aromatic rings. The number of rotatable bonds is 29. The van der Waals surface area contributed by atoms with Crippen molar-refractivity contribution in [2.24, 2.45) is 0 Å². The van der Waals surface area contributed by atoms with Crippen LogP contribution in [-0.2, 0) is 38.2 Å². The Labute approximate surface area is 250 Å². The maximum atomic E-state index is 12.1. The van der Waals surface area contributed by atoms with Gasteiger partial charge in [0.25, 0.3) is 0 Å². The molecule has 0 aliphatic rings. The van der Waals surface area contributed by atoms with Crippen molar-refractivity contribution in [3.05, 3.63) is 0 Å². The Hall–Kier alpha value is -2.77. The van der Waals surface area contributed by atoms with Gasteiger partial charge in [-0.1, -0.05) is 39.0 Å². The summed E-state index contributed by atoms with van der Waals surface area (Å²) in [4.78, 5) is 57.3. The summed E-state index contributed by atoms with van der Waals surface area (Å²) in [5.41, 5.74) is 0. The molecule has 0 aliphatic heterocycles. The number of carbonyl (C=O) groups is 5. The molecule has 244 valence electrons. The molecule has 0 radical (unpaired) electrons. The van der Waals surface area contributed by atoms with Gasteiger partial charge in [0.05, 0.1) is 33.0 Å². The van der Waals surface area contributed by atoms with Gasteiger partial charge in [-0.2, -0.15) is 0 Å². The molecule has 0 aromatic carbocycles. The van der Waals surface area contributed by atoms with E-state index in [1.807, 2.05) is 6.92 Å². The van der Waals surface area contributed by atoms with Gasteiger partial charge < -0.3 is 40.6 Å². The number of nitrogens with one attached hydrogen (secondary N) is 4. The Morgan fingerprint density at radius 2 is 1.10 bits per heavy atom. The van der Waals surface area contributed by atoms with E-state index in [-0.39, 0.29) is 49.3 Å². The molecular weight excluding hydrogens is 548 g/mol. The predicted octanol–water partition coefficient (Wildman–Crippen LogP) is 1.68. The maximum Gasteiger partial charge on any atom is 0.303 e. The molecule has 0 heterocycles. The Balaban J connectivity index is 3.50. The molecule has 4 amide bonds. The lowest BCUT2D eigenvalue weighted by atomic mass is 10.1. The fourth-order valence-electron chi connectivity index (χ4n) is 3.75. The van der Waals surface area contributed by atoms with Crippen LogP contribution in [0.15, 0.2) is 0 Å². The van der Waals surface area contributed by atoms with E-state index in [9.17, 15) is 24.0 Å². The molecule has 0 unspecified atom stereocenters. The summed E-state index contributed by atoms with van der Waals surface area (Å²) in [5.74, 6) is -1.13. The average Bonchev–Trinajstić information content (AvgIpc) is 2.95. The standard InChI is InChI=1S/C29H54N4O9/c1-3-25(34)30-15-18-40-19-17-32-28(37)23-42-22-21-41-20-16-31-26(35)14-13-24(2)33-27(36)11-9-7-5-4-6-8-10-12-29(38)39/h24H,3-23H2,1-2H3,(H,30,34)(H,31,35)(H,32,37)(H,33,36)(H,38,39)/t24-/m0/s1. The third-order valence-electron chi connectivity index (χ3n) is 6.14. The van der Waals surface area contributed by atoms with E-state index in [1.54, 1.807) is 6.92 Å². The molecule has 0 saturated heterocycles. The smallest absolute Gasteiger partial charge is 0.303 e. The Morgan fingerprint density at radius 3 is 1.69 bits per heavy atom. The zero-order valence-corrected chi connectivity index (χ0v) is 25.6. The van der Waals surface area contributed by atoms with Crippen LogP contribution in [0, 0.1) is 0 Å². The highest BCUT2D eigenvalue weighted by molar-refractivity contribution is 5.77. The fraction of sp³-hybridized carbons (Fsp3) is 0.828. The van der Waals surface area contributed by atoms with Crippen molar-refractivity contribution >= 4 is 29.6 Å². The lowest BCUT2D eigenvalue weighted by Gasteiger charge is -2.14. The Morgan fingerprint density at radius 1 is 0.595 bits per heavy atom. The number of ether oxygens (including phenoxy) is 3. The van der Waals surface area contributed by atoms with Crippen LogP contribution in [0.3, 0.4) is 0 Å². The minimum atomic E-state index is -0.743. The van der Waals surface area contributed by atoms with Crippen molar-refractivity contribution in [3.63, 3.8) is 0 Å². The van der Waals surface area contributed by atoms with E-state index in [4.69, 9.17) is 19.3 Å². The van der Waals surface area contributed by atoms with Crippen LogP contribution in [0.5, 0.6) is 0 Å². The van der Waals surface area contributed by atoms with Gasteiger partial charge in [-0.05, 0) is 26.2 Å². The third-order valence-corrected chi connectivity index (χ3v) is 6.14. The molecule has 5 N–H and O–H groups in total. The molecule has 13 heteroatoms. The van der Waals surface area contributed by atoms with E-state index in [0.29, 0.717) is 71.7 Å².